The maximum Gasteiger partial charge on any atom is 0.298 e. The number of nitrogens with one attached hydrogen (secondary N) is 1. The average molecular weight is 585 g/mol. The number of aliphatic hydroxyl groups excluding tert-OH is 1. The molecule has 3 aromatic rings. The van der Waals surface area contributed by atoms with Crippen LogP contribution < -0.4 is 14.8 Å². The average Bonchev–Trinajstić information content (AvgIpc) is 2.91. The highest BCUT2D eigenvalue weighted by Crippen LogP contribution is 2.37. The Morgan fingerprint density at radius 2 is 2.02 bits per heavy atom. The highest BCUT2D eigenvalue weighted by Gasteiger charge is 2.35. The van der Waals surface area contributed by atoms with Gasteiger partial charge >= 0.3 is 0 Å². The zero-order valence-corrected chi connectivity index (χ0v) is 23.3. The number of methoxy groups -OCH3 is 1. The standard InChI is InChI=1S/C26H31F3N4O6S/c1-15(18-6-5-7-20(24(18)27)26(28,29)14-34)30-25-19-10-23(22(37-3)11-21(19)31-16(2)32-25)39-13-17-12-33(8-9-38-17)40(4,35)36/h5-7,10-11,15,17,34H,8-9,12-14H2,1-4H3,(H,30,31,32)/t15-,17+/m1/s1. The van der Waals surface area contributed by atoms with Gasteiger partial charge in [-0.15, -0.1) is 0 Å². The zero-order valence-electron chi connectivity index (χ0n) is 22.4. The number of sulfonamides is 1. The molecule has 1 aliphatic heterocycles. The quantitative estimate of drug-likeness (QED) is 0.369. The molecule has 2 heterocycles. The summed E-state index contributed by atoms with van der Waals surface area (Å²) >= 11 is 0. The molecule has 1 aromatic heterocycles. The zero-order chi connectivity index (χ0) is 29.2. The Morgan fingerprint density at radius 1 is 1.27 bits per heavy atom. The number of hydrogen-bond donors (Lipinski definition) is 2. The first-order valence-electron chi connectivity index (χ1n) is 12.4. The number of rotatable bonds is 10. The predicted molar refractivity (Wildman–Crippen MR) is 142 cm³/mol. The fourth-order valence-electron chi connectivity index (χ4n) is 4.45. The lowest BCUT2D eigenvalue weighted by molar-refractivity contribution is -0.0583. The van der Waals surface area contributed by atoms with E-state index in [1.807, 2.05) is 0 Å². The van der Waals surface area contributed by atoms with Gasteiger partial charge in [-0.2, -0.15) is 13.1 Å². The van der Waals surface area contributed by atoms with Crippen LogP contribution in [0.15, 0.2) is 30.3 Å². The van der Waals surface area contributed by atoms with E-state index >= 15 is 4.39 Å². The molecule has 40 heavy (non-hydrogen) atoms. The molecule has 0 radical (unpaired) electrons. The summed E-state index contributed by atoms with van der Waals surface area (Å²) in [5.41, 5.74) is -0.445. The lowest BCUT2D eigenvalue weighted by Gasteiger charge is -2.31. The number of aryl methyl sites for hydroxylation is 1. The van der Waals surface area contributed by atoms with Crippen LogP contribution in [0.25, 0.3) is 10.9 Å². The topological polar surface area (TPSA) is 123 Å². The number of aliphatic hydroxyl groups is 1. The van der Waals surface area contributed by atoms with Crippen molar-refractivity contribution in [1.29, 1.82) is 0 Å². The SMILES string of the molecule is COc1cc2nc(C)nc(N[C@H](C)c3cccc(C(F)(F)CO)c3F)c2cc1OC[C@@H]1CN(S(C)(=O)=O)CCO1. The number of nitrogens with zero attached hydrogens (tertiary/aromatic N) is 3. The second-order valence-electron chi connectivity index (χ2n) is 9.50. The Bertz CT molecular complexity index is 1490. The summed E-state index contributed by atoms with van der Waals surface area (Å²) in [6.45, 7) is 2.42. The minimum Gasteiger partial charge on any atom is -0.493 e. The van der Waals surface area contributed by atoms with Gasteiger partial charge < -0.3 is 24.6 Å². The van der Waals surface area contributed by atoms with E-state index in [9.17, 15) is 17.2 Å². The van der Waals surface area contributed by atoms with E-state index in [0.29, 0.717) is 34.0 Å². The van der Waals surface area contributed by atoms with Gasteiger partial charge in [0.05, 0.1) is 37.1 Å². The number of alkyl halides is 2. The van der Waals surface area contributed by atoms with Crippen molar-refractivity contribution in [1.82, 2.24) is 14.3 Å². The molecule has 0 unspecified atom stereocenters. The van der Waals surface area contributed by atoms with Gasteiger partial charge in [0.15, 0.2) is 11.5 Å². The van der Waals surface area contributed by atoms with Crippen LogP contribution in [0.4, 0.5) is 19.0 Å². The van der Waals surface area contributed by atoms with E-state index in [1.54, 1.807) is 26.0 Å². The molecule has 2 aromatic carbocycles. The molecule has 14 heteroatoms. The monoisotopic (exact) mass is 584 g/mol. The number of benzene rings is 2. The maximum atomic E-state index is 15.1. The van der Waals surface area contributed by atoms with Crippen LogP contribution in [0.1, 0.15) is 29.9 Å². The van der Waals surface area contributed by atoms with Crippen LogP contribution >= 0.6 is 0 Å². The first-order chi connectivity index (χ1) is 18.8. The van der Waals surface area contributed by atoms with Crippen LogP contribution in [0.5, 0.6) is 11.5 Å². The molecule has 2 atom stereocenters. The van der Waals surface area contributed by atoms with E-state index in [-0.39, 0.29) is 31.9 Å². The summed E-state index contributed by atoms with van der Waals surface area (Å²) in [6, 6.07) is 6.09. The van der Waals surface area contributed by atoms with Crippen molar-refractivity contribution in [3.05, 3.63) is 53.1 Å². The fraction of sp³-hybridized carbons (Fsp3) is 0.462. The fourth-order valence-corrected chi connectivity index (χ4v) is 5.29. The van der Waals surface area contributed by atoms with E-state index in [2.05, 4.69) is 15.3 Å². The normalized spacial score (nSPS) is 17.6. The van der Waals surface area contributed by atoms with Crippen molar-refractivity contribution >= 4 is 26.7 Å². The minimum atomic E-state index is -3.73. The molecule has 10 nitrogen and oxygen atoms in total. The van der Waals surface area contributed by atoms with Crippen LogP contribution in [0, 0.1) is 12.7 Å². The Balaban J connectivity index is 1.63. The van der Waals surface area contributed by atoms with Gasteiger partial charge in [-0.3, -0.25) is 0 Å². The molecule has 0 spiro atoms. The highest BCUT2D eigenvalue weighted by atomic mass is 32.2. The third-order valence-corrected chi connectivity index (χ3v) is 7.80. The molecular weight excluding hydrogens is 553 g/mol. The Morgan fingerprint density at radius 3 is 2.70 bits per heavy atom. The van der Waals surface area contributed by atoms with E-state index in [1.165, 1.54) is 23.5 Å². The molecule has 0 amide bonds. The van der Waals surface area contributed by atoms with Gasteiger partial charge in [-0.05, 0) is 26.0 Å². The molecule has 0 saturated carbocycles. The lowest BCUT2D eigenvalue weighted by Crippen LogP contribution is -2.47. The Labute approximate surface area is 230 Å². The largest absolute Gasteiger partial charge is 0.493 e. The number of anilines is 1. The van der Waals surface area contributed by atoms with Gasteiger partial charge in [0, 0.05) is 30.1 Å². The number of hydrogen-bond acceptors (Lipinski definition) is 9. The van der Waals surface area contributed by atoms with Crippen LogP contribution in [0.2, 0.25) is 0 Å². The molecule has 0 bridgehead atoms. The van der Waals surface area contributed by atoms with E-state index in [4.69, 9.17) is 19.3 Å². The highest BCUT2D eigenvalue weighted by molar-refractivity contribution is 7.88. The molecule has 1 aliphatic rings. The van der Waals surface area contributed by atoms with E-state index < -0.39 is 46.1 Å². The second kappa shape index (κ2) is 11.7. The van der Waals surface area contributed by atoms with Crippen molar-refractivity contribution in [2.45, 2.75) is 31.9 Å². The third kappa shape index (κ3) is 6.40. The first kappa shape index (κ1) is 29.8. The van der Waals surface area contributed by atoms with Crippen molar-refractivity contribution in [2.24, 2.45) is 0 Å². The van der Waals surface area contributed by atoms with Gasteiger partial charge in [-0.1, -0.05) is 12.1 Å². The Hall–Kier alpha value is -3.20. The van der Waals surface area contributed by atoms with Gasteiger partial charge in [0.2, 0.25) is 10.0 Å². The van der Waals surface area contributed by atoms with Crippen molar-refractivity contribution in [2.75, 3.05) is 51.6 Å². The van der Waals surface area contributed by atoms with Crippen LogP contribution in [0.3, 0.4) is 0 Å². The van der Waals surface area contributed by atoms with Crippen LogP contribution in [-0.2, 0) is 20.7 Å². The van der Waals surface area contributed by atoms with E-state index in [0.717, 1.165) is 12.3 Å². The number of ether oxygens (including phenoxy) is 3. The maximum absolute atomic E-state index is 15.1. The van der Waals surface area contributed by atoms with Gasteiger partial charge in [-0.25, -0.2) is 22.8 Å². The predicted octanol–water partition coefficient (Wildman–Crippen LogP) is 3.38. The van der Waals surface area contributed by atoms with Crippen LogP contribution in [-0.4, -0.2) is 80.2 Å². The minimum absolute atomic E-state index is 0.0371. The molecule has 0 aliphatic carbocycles. The molecule has 1 saturated heterocycles. The Kier molecular flexibility index (Phi) is 8.73. The lowest BCUT2D eigenvalue weighted by atomic mass is 10.00. The number of morpholine rings is 1. The van der Waals surface area contributed by atoms with Crippen molar-refractivity contribution in [3.63, 3.8) is 0 Å². The molecule has 2 N–H and O–H groups in total. The summed E-state index contributed by atoms with van der Waals surface area (Å²) in [4.78, 5) is 8.88. The molecule has 4 rings (SSSR count). The first-order valence-corrected chi connectivity index (χ1v) is 14.3. The summed E-state index contributed by atoms with van der Waals surface area (Å²) < 4.78 is 85.6. The molecular formula is C26H31F3N4O6S. The summed E-state index contributed by atoms with van der Waals surface area (Å²) in [6.07, 6.45) is 0.628. The number of halogens is 3. The summed E-state index contributed by atoms with van der Waals surface area (Å²) in [5, 5.41) is 12.6. The van der Waals surface area contributed by atoms with Gasteiger partial charge in [0.1, 0.15) is 36.8 Å². The smallest absolute Gasteiger partial charge is 0.298 e. The number of fused-ring (bicyclic) bond motifs is 1. The summed E-state index contributed by atoms with van der Waals surface area (Å²) in [5.74, 6) is -3.48. The third-order valence-electron chi connectivity index (χ3n) is 6.53. The molecule has 218 valence electrons. The second-order valence-corrected chi connectivity index (χ2v) is 11.5. The summed E-state index contributed by atoms with van der Waals surface area (Å²) in [7, 11) is -1.91. The van der Waals surface area contributed by atoms with Crippen molar-refractivity contribution < 1.29 is 40.9 Å². The number of aromatic nitrogens is 2. The molecule has 1 fully saturated rings. The van der Waals surface area contributed by atoms with Crippen molar-refractivity contribution in [3.8, 4) is 11.5 Å². The van der Waals surface area contributed by atoms with Gasteiger partial charge in [0.25, 0.3) is 5.92 Å².